The Bertz CT molecular complexity index is 2550. The molecule has 0 spiro atoms. The van der Waals surface area contributed by atoms with Crippen molar-refractivity contribution in [3.05, 3.63) is 155 Å². The molecule has 0 saturated carbocycles. The van der Waals surface area contributed by atoms with E-state index in [-0.39, 0.29) is 29.7 Å². The summed E-state index contributed by atoms with van der Waals surface area (Å²) in [7, 11) is -0.171. The Morgan fingerprint density at radius 1 is 0.754 bits per heavy atom. The Labute approximate surface area is 355 Å². The molecule has 0 bridgehead atoms. The number of aliphatic hydroxyl groups is 1. The van der Waals surface area contributed by atoms with E-state index >= 15 is 0 Å². The van der Waals surface area contributed by atoms with Gasteiger partial charge in [0.1, 0.15) is 52.5 Å². The summed E-state index contributed by atoms with van der Waals surface area (Å²) < 4.78 is 65.0. The molecule has 3 aromatic carbocycles. The lowest BCUT2D eigenvalue weighted by atomic mass is 9.80. The fourth-order valence-corrected chi connectivity index (χ4v) is 8.78. The number of rotatable bonds is 16. The van der Waals surface area contributed by atoms with E-state index in [0.717, 1.165) is 23.8 Å². The lowest BCUT2D eigenvalue weighted by Gasteiger charge is -2.37. The number of nitrogens with one attached hydrogen (secondary N) is 2. The maximum absolute atomic E-state index is 14.3. The van der Waals surface area contributed by atoms with Crippen molar-refractivity contribution in [1.82, 2.24) is 19.1 Å². The van der Waals surface area contributed by atoms with Crippen LogP contribution in [-0.4, -0.2) is 83.2 Å². The van der Waals surface area contributed by atoms with Crippen molar-refractivity contribution in [2.75, 3.05) is 34.5 Å². The van der Waals surface area contributed by atoms with Gasteiger partial charge in [0.2, 0.25) is 0 Å². The number of benzene rings is 3. The Morgan fingerprint density at radius 2 is 1.30 bits per heavy atom. The zero-order chi connectivity index (χ0) is 43.5. The summed E-state index contributed by atoms with van der Waals surface area (Å²) in [5.41, 5.74) is 0.0532. The molecular weight excluding hydrogens is 832 g/mol. The fraction of sp³-hybridized carbons (Fsp3) is 0.381. The van der Waals surface area contributed by atoms with Gasteiger partial charge in [0.25, 0.3) is 5.56 Å². The lowest BCUT2D eigenvalue weighted by molar-refractivity contribution is -0.0957. The molecule has 7 rings (SSSR count). The zero-order valence-corrected chi connectivity index (χ0v) is 35.8. The van der Waals surface area contributed by atoms with Crippen LogP contribution in [0.25, 0.3) is 0 Å². The van der Waals surface area contributed by atoms with E-state index in [2.05, 4.69) is 9.97 Å². The first kappa shape index (κ1) is 44.1. The summed E-state index contributed by atoms with van der Waals surface area (Å²) in [6, 6.07) is 24.4. The van der Waals surface area contributed by atoms with Crippen LogP contribution in [-0.2, 0) is 37.9 Å². The highest BCUT2D eigenvalue weighted by molar-refractivity contribution is 7.71. The van der Waals surface area contributed by atoms with E-state index in [4.69, 9.17) is 49.5 Å². The normalized spacial score (nSPS) is 22.5. The molecule has 0 aliphatic carbocycles. The van der Waals surface area contributed by atoms with Gasteiger partial charge in [-0.1, -0.05) is 66.8 Å². The van der Waals surface area contributed by atoms with E-state index in [1.807, 2.05) is 78.9 Å². The maximum atomic E-state index is 14.3. The number of hydrogen-bond donors (Lipinski definition) is 3. The van der Waals surface area contributed by atoms with Gasteiger partial charge in [0.05, 0.1) is 33.5 Å². The number of nitrogens with zero attached hydrogens (tertiary/aromatic N) is 2. The Morgan fingerprint density at radius 3 is 1.89 bits per heavy atom. The van der Waals surface area contributed by atoms with Crippen molar-refractivity contribution in [3.63, 3.8) is 0 Å². The van der Waals surface area contributed by atoms with Gasteiger partial charge in [0.15, 0.2) is 0 Å². The molecule has 324 valence electrons. The first-order valence-electron chi connectivity index (χ1n) is 19.4. The van der Waals surface area contributed by atoms with Gasteiger partial charge in [-0.15, -0.1) is 0 Å². The summed E-state index contributed by atoms with van der Waals surface area (Å²) >= 11 is 5.16. The lowest BCUT2D eigenvalue weighted by Crippen LogP contribution is -2.38. The number of methoxy groups -OCH3 is 2. The van der Waals surface area contributed by atoms with Crippen LogP contribution in [0.15, 0.2) is 106 Å². The van der Waals surface area contributed by atoms with Crippen molar-refractivity contribution >= 4 is 20.0 Å². The van der Waals surface area contributed by atoms with Crippen molar-refractivity contribution in [3.8, 4) is 11.5 Å². The molecule has 17 nitrogen and oxygen atoms in total. The van der Waals surface area contributed by atoms with Crippen LogP contribution >= 0.6 is 20.0 Å². The van der Waals surface area contributed by atoms with Gasteiger partial charge >= 0.3 is 19.2 Å². The van der Waals surface area contributed by atoms with Crippen LogP contribution in [0.5, 0.6) is 11.5 Å². The second-order valence-electron chi connectivity index (χ2n) is 14.6. The number of phosphoric ester groups is 1. The summed E-state index contributed by atoms with van der Waals surface area (Å²) in [5.74, 6) is 1.26. The van der Waals surface area contributed by atoms with E-state index in [9.17, 15) is 24.1 Å². The Balaban J connectivity index is 1.20. The number of aryl methyl sites for hydroxylation is 2. The molecule has 2 fully saturated rings. The standard InChI is InChI=1S/C42H47N4O13PS/c1-25-21-45(40(49)43-38(25)48)37-20-33(59-60(51,54-5)56-24-34-32(47)19-36(57-34)46-22-26(2)39(61)44-41(46)50)35(58-37)23-55-42(27-9-7-6-8-10-27,28-11-15-30(52-3)16-12-28)29-13-17-31(53-4)18-14-29/h6-18,21-22,32-37,47H,19-20,23-24H2,1-5H3,(H,43,48,49)(H,44,50,61)/t32-,33-,34+,35+,36+,37+,60?/m0/s1. The highest BCUT2D eigenvalue weighted by Gasteiger charge is 2.47. The van der Waals surface area contributed by atoms with Crippen LogP contribution in [0.1, 0.15) is 53.1 Å². The molecule has 7 atom stereocenters. The number of aromatic amines is 2. The van der Waals surface area contributed by atoms with Gasteiger partial charge in [-0.05, 0) is 54.8 Å². The second-order valence-corrected chi connectivity index (χ2v) is 16.8. The minimum absolute atomic E-state index is 0.0343. The van der Waals surface area contributed by atoms with Crippen molar-refractivity contribution < 1.29 is 46.9 Å². The molecule has 2 aliphatic heterocycles. The summed E-state index contributed by atoms with van der Waals surface area (Å²) in [4.78, 5) is 43.0. The highest BCUT2D eigenvalue weighted by atomic mass is 32.1. The number of hydrogen-bond acceptors (Lipinski definition) is 14. The van der Waals surface area contributed by atoms with Crippen LogP contribution in [0.4, 0.5) is 0 Å². The molecule has 19 heteroatoms. The molecule has 61 heavy (non-hydrogen) atoms. The smallest absolute Gasteiger partial charge is 0.474 e. The molecule has 5 aromatic rings. The Kier molecular flexibility index (Phi) is 13.4. The van der Waals surface area contributed by atoms with Crippen LogP contribution in [0.3, 0.4) is 0 Å². The van der Waals surface area contributed by atoms with E-state index in [0.29, 0.717) is 17.1 Å². The largest absolute Gasteiger partial charge is 0.497 e. The van der Waals surface area contributed by atoms with Gasteiger partial charge in [-0.25, -0.2) is 14.2 Å². The Hall–Kier alpha value is -5.01. The predicted octanol–water partition coefficient (Wildman–Crippen LogP) is 5.19. The van der Waals surface area contributed by atoms with Crippen molar-refractivity contribution in [1.29, 1.82) is 0 Å². The summed E-state index contributed by atoms with van der Waals surface area (Å²) in [6.07, 6.45) is -3.23. The molecule has 2 aromatic heterocycles. The second kappa shape index (κ2) is 18.5. The molecule has 3 N–H and O–H groups in total. The fourth-order valence-electron chi connectivity index (χ4n) is 7.51. The molecule has 0 amide bonds. The van der Waals surface area contributed by atoms with Crippen LogP contribution in [0.2, 0.25) is 0 Å². The van der Waals surface area contributed by atoms with Crippen molar-refractivity contribution in [2.45, 2.75) is 69.2 Å². The number of phosphoric acid groups is 1. The molecule has 2 saturated heterocycles. The maximum Gasteiger partial charge on any atom is 0.474 e. The minimum Gasteiger partial charge on any atom is -0.497 e. The third-order valence-corrected chi connectivity index (χ3v) is 12.7. The summed E-state index contributed by atoms with van der Waals surface area (Å²) in [5, 5.41) is 10.9. The third kappa shape index (κ3) is 9.28. The van der Waals surface area contributed by atoms with E-state index in [1.165, 1.54) is 21.5 Å². The van der Waals surface area contributed by atoms with E-state index < -0.39 is 73.8 Å². The van der Waals surface area contributed by atoms with Crippen LogP contribution in [0, 0.1) is 18.5 Å². The van der Waals surface area contributed by atoms with Crippen LogP contribution < -0.4 is 26.4 Å². The first-order chi connectivity index (χ1) is 29.3. The van der Waals surface area contributed by atoms with Crippen molar-refractivity contribution in [2.24, 2.45) is 0 Å². The predicted molar refractivity (Wildman–Crippen MR) is 223 cm³/mol. The molecule has 4 heterocycles. The summed E-state index contributed by atoms with van der Waals surface area (Å²) in [6.45, 7) is 2.64. The number of aliphatic hydroxyl groups excluding tert-OH is 1. The topological polar surface area (TPSA) is 204 Å². The first-order valence-corrected chi connectivity index (χ1v) is 21.2. The third-order valence-electron chi connectivity index (χ3n) is 10.8. The molecular formula is C42H47N4O13PS. The molecule has 1 unspecified atom stereocenters. The minimum atomic E-state index is -4.47. The highest BCUT2D eigenvalue weighted by Crippen LogP contribution is 2.53. The average Bonchev–Trinajstić information content (AvgIpc) is 3.85. The number of H-pyrrole nitrogens is 2. The van der Waals surface area contributed by atoms with Gasteiger partial charge in [0, 0.05) is 43.5 Å². The van der Waals surface area contributed by atoms with Gasteiger partial charge < -0.3 is 28.8 Å². The van der Waals surface area contributed by atoms with Gasteiger partial charge in [-0.3, -0.25) is 37.5 Å². The van der Waals surface area contributed by atoms with Gasteiger partial charge in [-0.2, -0.15) is 0 Å². The molecule has 0 radical (unpaired) electrons. The molecule has 2 aliphatic rings. The SMILES string of the molecule is COc1ccc(C(OC[C@H]2O[C@@H](n3cc(C)c(=O)[nH]c3=O)C[C@@H]2OP(=O)(OC)OC[C@H]2O[C@@H](n3cc(C)c(=S)[nH]c3=O)C[C@@H]2O)(c2ccccc2)c2ccc(OC)cc2)cc1. The average molecular weight is 879 g/mol. The van der Waals surface area contributed by atoms with E-state index in [1.54, 1.807) is 28.1 Å². The quantitative estimate of drug-likeness (QED) is 0.0664. The zero-order valence-electron chi connectivity index (χ0n) is 34.0. The monoisotopic (exact) mass is 878 g/mol. The number of aromatic nitrogens is 4. The number of ether oxygens (including phenoxy) is 5.